The number of carbonyl (C=O) groups excluding carboxylic acids is 1. The van der Waals surface area contributed by atoms with Crippen molar-refractivity contribution >= 4 is 44.4 Å². The van der Waals surface area contributed by atoms with Crippen LogP contribution in [0.1, 0.15) is 17.0 Å². The lowest BCUT2D eigenvalue weighted by atomic mass is 10.1. The molecule has 4 aromatic rings. The van der Waals surface area contributed by atoms with Gasteiger partial charge < -0.3 is 9.88 Å². The number of amides is 1. The molecule has 152 valence electrons. The van der Waals surface area contributed by atoms with E-state index in [1.807, 2.05) is 86.6 Å². The number of hydrogen-bond donors (Lipinski definition) is 1. The average Bonchev–Trinajstić information content (AvgIpc) is 3.05. The first-order valence-electron chi connectivity index (χ1n) is 9.83. The maximum atomic E-state index is 12.9. The van der Waals surface area contributed by atoms with Gasteiger partial charge in [-0.3, -0.25) is 4.79 Å². The van der Waals surface area contributed by atoms with Crippen LogP contribution in [0, 0.1) is 25.2 Å². The molecule has 3 aromatic carbocycles. The number of nitrogens with one attached hydrogen (secondary N) is 1. The molecule has 1 N–H and O–H groups in total. The molecule has 0 aliphatic rings. The number of anilines is 1. The number of nitriles is 1. The van der Waals surface area contributed by atoms with Crippen molar-refractivity contribution in [2.24, 2.45) is 0 Å². The summed E-state index contributed by atoms with van der Waals surface area (Å²) in [6.07, 6.45) is 1.65. The van der Waals surface area contributed by atoms with Crippen molar-refractivity contribution in [1.82, 2.24) is 4.57 Å². The molecular weight excluding hydrogens is 450 g/mol. The van der Waals surface area contributed by atoms with Crippen LogP contribution in [-0.2, 0) is 4.79 Å². The van der Waals surface area contributed by atoms with E-state index in [-0.39, 0.29) is 5.57 Å². The summed E-state index contributed by atoms with van der Waals surface area (Å²) >= 11 is 3.46. The number of nitrogens with zero attached hydrogens (tertiary/aromatic N) is 2. The highest BCUT2D eigenvalue weighted by atomic mass is 79.9. The molecule has 31 heavy (non-hydrogen) atoms. The van der Waals surface area contributed by atoms with Gasteiger partial charge in [-0.1, -0.05) is 52.3 Å². The number of halogens is 1. The molecule has 1 amide bonds. The third-order valence-electron chi connectivity index (χ3n) is 5.26. The summed E-state index contributed by atoms with van der Waals surface area (Å²) in [7, 11) is 0. The van der Waals surface area contributed by atoms with Gasteiger partial charge in [-0.2, -0.15) is 5.26 Å². The van der Waals surface area contributed by atoms with Crippen molar-refractivity contribution in [3.05, 3.63) is 99.8 Å². The van der Waals surface area contributed by atoms with Gasteiger partial charge in [0.05, 0.1) is 0 Å². The Bertz CT molecular complexity index is 1350. The first kappa shape index (κ1) is 20.6. The number of carbonyl (C=O) groups is 1. The number of rotatable bonds is 4. The standard InChI is InChI=1S/C26H20BrN3O/c1-17-14-20(18(2)30(17)23-12-10-22(27)11-13-23)15-21(16-28)26(31)29-25-9-5-7-19-6-3-4-8-24(19)25/h3-15H,1-2H3,(H,29,31)/b21-15+. The van der Waals surface area contributed by atoms with E-state index in [2.05, 4.69) is 31.9 Å². The molecule has 0 fully saturated rings. The summed E-state index contributed by atoms with van der Waals surface area (Å²) in [5.41, 5.74) is 4.60. The summed E-state index contributed by atoms with van der Waals surface area (Å²) in [6.45, 7) is 3.99. The number of fused-ring (bicyclic) bond motifs is 1. The van der Waals surface area contributed by atoms with Gasteiger partial charge in [-0.05, 0) is 67.3 Å². The third-order valence-corrected chi connectivity index (χ3v) is 5.79. The molecule has 0 aliphatic heterocycles. The Hall–Kier alpha value is -3.62. The Kier molecular flexibility index (Phi) is 5.75. The molecule has 0 unspecified atom stereocenters. The van der Waals surface area contributed by atoms with Crippen molar-refractivity contribution in [3.8, 4) is 11.8 Å². The lowest BCUT2D eigenvalue weighted by Crippen LogP contribution is -2.13. The van der Waals surface area contributed by atoms with Gasteiger partial charge in [0.25, 0.3) is 5.91 Å². The maximum absolute atomic E-state index is 12.9. The highest BCUT2D eigenvalue weighted by Gasteiger charge is 2.15. The summed E-state index contributed by atoms with van der Waals surface area (Å²) < 4.78 is 3.12. The highest BCUT2D eigenvalue weighted by Crippen LogP contribution is 2.26. The lowest BCUT2D eigenvalue weighted by Gasteiger charge is -2.10. The molecule has 0 saturated heterocycles. The zero-order valence-corrected chi connectivity index (χ0v) is 18.8. The molecule has 0 saturated carbocycles. The van der Waals surface area contributed by atoms with Crippen LogP contribution >= 0.6 is 15.9 Å². The van der Waals surface area contributed by atoms with Gasteiger partial charge in [0, 0.05) is 32.6 Å². The Morgan fingerprint density at radius 3 is 2.48 bits per heavy atom. The normalized spacial score (nSPS) is 11.4. The maximum Gasteiger partial charge on any atom is 0.266 e. The molecule has 1 heterocycles. The van der Waals surface area contributed by atoms with Gasteiger partial charge in [0.2, 0.25) is 0 Å². The fourth-order valence-corrected chi connectivity index (χ4v) is 4.01. The predicted octanol–water partition coefficient (Wildman–Crippen LogP) is 6.56. The topological polar surface area (TPSA) is 57.8 Å². The van der Waals surface area contributed by atoms with Crippen LogP contribution in [0.2, 0.25) is 0 Å². The van der Waals surface area contributed by atoms with E-state index in [4.69, 9.17) is 0 Å². The fraction of sp³-hybridized carbons (Fsp3) is 0.0769. The van der Waals surface area contributed by atoms with Crippen LogP contribution in [0.5, 0.6) is 0 Å². The number of benzene rings is 3. The van der Waals surface area contributed by atoms with Crippen molar-refractivity contribution in [3.63, 3.8) is 0 Å². The van der Waals surface area contributed by atoms with Crippen molar-refractivity contribution in [2.75, 3.05) is 5.32 Å². The second kappa shape index (κ2) is 8.63. The first-order valence-corrected chi connectivity index (χ1v) is 10.6. The molecule has 4 nitrogen and oxygen atoms in total. The fourth-order valence-electron chi connectivity index (χ4n) is 3.75. The van der Waals surface area contributed by atoms with Crippen LogP contribution in [-0.4, -0.2) is 10.5 Å². The van der Waals surface area contributed by atoms with Crippen molar-refractivity contribution in [2.45, 2.75) is 13.8 Å². The lowest BCUT2D eigenvalue weighted by molar-refractivity contribution is -0.112. The quantitative estimate of drug-likeness (QED) is 0.271. The smallest absolute Gasteiger partial charge is 0.266 e. The Balaban J connectivity index is 1.67. The zero-order chi connectivity index (χ0) is 22.0. The molecule has 0 bridgehead atoms. The van der Waals surface area contributed by atoms with E-state index < -0.39 is 5.91 Å². The van der Waals surface area contributed by atoms with Crippen molar-refractivity contribution < 1.29 is 4.79 Å². The Morgan fingerprint density at radius 1 is 1.03 bits per heavy atom. The minimum Gasteiger partial charge on any atom is -0.321 e. The first-order chi connectivity index (χ1) is 15.0. The largest absolute Gasteiger partial charge is 0.321 e. The van der Waals surface area contributed by atoms with Gasteiger partial charge in [0.15, 0.2) is 0 Å². The van der Waals surface area contributed by atoms with Crippen LogP contribution in [0.15, 0.2) is 82.8 Å². The van der Waals surface area contributed by atoms with Gasteiger partial charge in [0.1, 0.15) is 11.6 Å². The second-order valence-electron chi connectivity index (χ2n) is 7.29. The predicted molar refractivity (Wildman–Crippen MR) is 129 cm³/mol. The molecule has 0 radical (unpaired) electrons. The number of hydrogen-bond acceptors (Lipinski definition) is 2. The highest BCUT2D eigenvalue weighted by molar-refractivity contribution is 9.10. The van der Waals surface area contributed by atoms with Gasteiger partial charge in [-0.15, -0.1) is 0 Å². The molecule has 0 aliphatic carbocycles. The van der Waals surface area contributed by atoms with E-state index in [0.717, 1.165) is 37.9 Å². The summed E-state index contributed by atoms with van der Waals surface area (Å²) in [6, 6.07) is 25.6. The Morgan fingerprint density at radius 2 is 1.74 bits per heavy atom. The summed E-state index contributed by atoms with van der Waals surface area (Å²) in [5, 5.41) is 14.5. The van der Waals surface area contributed by atoms with Crippen LogP contribution in [0.4, 0.5) is 5.69 Å². The minimum atomic E-state index is -0.424. The third kappa shape index (κ3) is 4.16. The van der Waals surface area contributed by atoms with E-state index in [1.54, 1.807) is 6.08 Å². The zero-order valence-electron chi connectivity index (χ0n) is 17.2. The second-order valence-corrected chi connectivity index (χ2v) is 8.20. The van der Waals surface area contributed by atoms with Crippen LogP contribution in [0.25, 0.3) is 22.5 Å². The van der Waals surface area contributed by atoms with Gasteiger partial charge in [-0.25, -0.2) is 0 Å². The number of aryl methyl sites for hydroxylation is 1. The molecule has 0 spiro atoms. The van der Waals surface area contributed by atoms with Crippen LogP contribution in [0.3, 0.4) is 0 Å². The SMILES string of the molecule is Cc1cc(/C=C(\C#N)C(=O)Nc2cccc3ccccc23)c(C)n1-c1ccc(Br)cc1. The van der Waals surface area contributed by atoms with E-state index in [0.29, 0.717) is 5.69 Å². The summed E-state index contributed by atoms with van der Waals surface area (Å²) in [4.78, 5) is 12.9. The molecular formula is C26H20BrN3O. The molecule has 4 rings (SSSR count). The Labute approximate surface area is 189 Å². The van der Waals surface area contributed by atoms with E-state index in [9.17, 15) is 10.1 Å². The van der Waals surface area contributed by atoms with Crippen LogP contribution < -0.4 is 5.32 Å². The molecule has 5 heteroatoms. The molecule has 0 atom stereocenters. The minimum absolute atomic E-state index is 0.0593. The number of aromatic nitrogens is 1. The summed E-state index contributed by atoms with van der Waals surface area (Å²) in [5.74, 6) is -0.424. The molecule has 1 aromatic heterocycles. The van der Waals surface area contributed by atoms with Crippen molar-refractivity contribution in [1.29, 1.82) is 5.26 Å². The van der Waals surface area contributed by atoms with Gasteiger partial charge >= 0.3 is 0 Å². The van der Waals surface area contributed by atoms with E-state index >= 15 is 0 Å². The average molecular weight is 470 g/mol. The monoisotopic (exact) mass is 469 g/mol. The van der Waals surface area contributed by atoms with E-state index in [1.165, 1.54) is 0 Å².